The van der Waals surface area contributed by atoms with Gasteiger partial charge in [0.05, 0.1) is 18.7 Å². The number of methoxy groups -OCH3 is 1. The van der Waals surface area contributed by atoms with Gasteiger partial charge in [0.1, 0.15) is 17.3 Å². The van der Waals surface area contributed by atoms with E-state index in [1.165, 1.54) is 0 Å². The van der Waals surface area contributed by atoms with Crippen molar-refractivity contribution in [3.63, 3.8) is 0 Å². The zero-order chi connectivity index (χ0) is 18.2. The smallest absolute Gasteiger partial charge is 0.408 e. The van der Waals surface area contributed by atoms with Gasteiger partial charge in [-0.15, -0.1) is 0 Å². The molecule has 0 unspecified atom stereocenters. The number of carboxylic acid groups (broad SMARTS) is 1. The Morgan fingerprint density at radius 3 is 2.42 bits per heavy atom. The Kier molecular flexibility index (Phi) is 4.54. The summed E-state index contributed by atoms with van der Waals surface area (Å²) in [4.78, 5) is 48.3. The van der Waals surface area contributed by atoms with Crippen LogP contribution in [-0.4, -0.2) is 58.7 Å². The minimum absolute atomic E-state index is 0.0506. The summed E-state index contributed by atoms with van der Waals surface area (Å²) in [6, 6.07) is -1.39. The molecule has 24 heavy (non-hydrogen) atoms. The number of alkyl carbamates (subject to hydrolysis) is 1. The van der Waals surface area contributed by atoms with Gasteiger partial charge in [-0.3, -0.25) is 9.69 Å². The molecule has 0 aliphatic carbocycles. The van der Waals surface area contributed by atoms with Crippen molar-refractivity contribution in [3.8, 4) is 0 Å². The highest BCUT2D eigenvalue weighted by Crippen LogP contribution is 2.37. The van der Waals surface area contributed by atoms with Crippen LogP contribution in [0.1, 0.15) is 33.6 Å². The molecule has 0 aromatic heterocycles. The highest BCUT2D eigenvalue weighted by Gasteiger charge is 2.54. The van der Waals surface area contributed by atoms with Gasteiger partial charge in [0.2, 0.25) is 0 Å². The molecule has 2 N–H and O–H groups in total. The van der Waals surface area contributed by atoms with E-state index < -0.39 is 41.6 Å². The average Bonchev–Trinajstić information content (AvgIpc) is 2.48. The number of carboxylic acids is 1. The number of carbonyl (C=O) groups is 4. The molecule has 0 aromatic carbocycles. The monoisotopic (exact) mass is 340 g/mol. The minimum Gasteiger partial charge on any atom is -0.477 e. The predicted molar refractivity (Wildman–Crippen MR) is 79.7 cm³/mol. The first-order valence-corrected chi connectivity index (χ1v) is 7.44. The molecule has 2 rings (SSSR count). The van der Waals surface area contributed by atoms with Crippen LogP contribution in [0, 0.1) is 0 Å². The van der Waals surface area contributed by atoms with Crippen LogP contribution >= 0.6 is 0 Å². The van der Waals surface area contributed by atoms with Crippen molar-refractivity contribution in [2.24, 2.45) is 0 Å². The molecule has 1 fully saturated rings. The van der Waals surface area contributed by atoms with Gasteiger partial charge in [0.15, 0.2) is 0 Å². The second-order valence-electron chi connectivity index (χ2n) is 6.56. The first-order chi connectivity index (χ1) is 11.1. The summed E-state index contributed by atoms with van der Waals surface area (Å²) in [6.45, 7) is 5.07. The Labute approximate surface area is 138 Å². The Hall–Kier alpha value is -2.58. The van der Waals surface area contributed by atoms with Crippen molar-refractivity contribution in [2.75, 3.05) is 7.11 Å². The van der Waals surface area contributed by atoms with Crippen LogP contribution in [0.4, 0.5) is 4.79 Å². The van der Waals surface area contributed by atoms with E-state index in [0.29, 0.717) is 6.42 Å². The molecule has 0 bridgehead atoms. The largest absolute Gasteiger partial charge is 0.477 e. The summed E-state index contributed by atoms with van der Waals surface area (Å²) in [5.41, 5.74) is -1.15. The first-order valence-electron chi connectivity index (χ1n) is 7.44. The maximum Gasteiger partial charge on any atom is 0.408 e. The number of esters is 1. The van der Waals surface area contributed by atoms with E-state index in [-0.39, 0.29) is 17.7 Å². The fourth-order valence-corrected chi connectivity index (χ4v) is 2.82. The number of ether oxygens (including phenoxy) is 2. The van der Waals surface area contributed by atoms with Gasteiger partial charge in [0, 0.05) is 0 Å². The molecule has 1 saturated heterocycles. The van der Waals surface area contributed by atoms with E-state index in [0.717, 1.165) is 12.0 Å². The Balaban J connectivity index is 2.18. The lowest BCUT2D eigenvalue weighted by atomic mass is 9.83. The molecular weight excluding hydrogens is 320 g/mol. The van der Waals surface area contributed by atoms with Crippen LogP contribution in [-0.2, 0) is 23.9 Å². The van der Waals surface area contributed by atoms with Gasteiger partial charge in [-0.25, -0.2) is 14.4 Å². The van der Waals surface area contributed by atoms with E-state index in [4.69, 9.17) is 4.74 Å². The quantitative estimate of drug-likeness (QED) is 0.563. The van der Waals surface area contributed by atoms with Crippen molar-refractivity contribution in [3.05, 3.63) is 11.3 Å². The first kappa shape index (κ1) is 17.8. The van der Waals surface area contributed by atoms with Crippen molar-refractivity contribution in [1.29, 1.82) is 0 Å². The third-order valence-corrected chi connectivity index (χ3v) is 3.74. The summed E-state index contributed by atoms with van der Waals surface area (Å²) in [5.74, 6) is -2.75. The second kappa shape index (κ2) is 6.14. The average molecular weight is 340 g/mol. The molecule has 0 radical (unpaired) electrons. The number of hydrogen-bond acceptors (Lipinski definition) is 6. The molecule has 2 heterocycles. The van der Waals surface area contributed by atoms with Gasteiger partial charge in [-0.1, -0.05) is 0 Å². The molecule has 0 saturated carbocycles. The van der Waals surface area contributed by atoms with E-state index in [9.17, 15) is 24.3 Å². The molecule has 132 valence electrons. The summed E-state index contributed by atoms with van der Waals surface area (Å²) in [6.07, 6.45) is -0.261. The third-order valence-electron chi connectivity index (χ3n) is 3.74. The van der Waals surface area contributed by atoms with E-state index in [1.54, 1.807) is 20.8 Å². The zero-order valence-corrected chi connectivity index (χ0v) is 13.9. The summed E-state index contributed by atoms with van der Waals surface area (Å²) >= 11 is 0. The Morgan fingerprint density at radius 1 is 1.29 bits per heavy atom. The maximum atomic E-state index is 12.3. The lowest BCUT2D eigenvalue weighted by Crippen LogP contribution is -2.72. The maximum absolute atomic E-state index is 12.3. The van der Waals surface area contributed by atoms with Crippen LogP contribution in [0.5, 0.6) is 0 Å². The van der Waals surface area contributed by atoms with Gasteiger partial charge in [-0.2, -0.15) is 0 Å². The molecule has 9 nitrogen and oxygen atoms in total. The number of aliphatic carboxylic acids is 1. The molecule has 2 aliphatic heterocycles. The van der Waals surface area contributed by atoms with Gasteiger partial charge < -0.3 is 19.9 Å². The molecule has 2 amide bonds. The summed E-state index contributed by atoms with van der Waals surface area (Å²) in [7, 11) is 1.14. The van der Waals surface area contributed by atoms with E-state index >= 15 is 0 Å². The van der Waals surface area contributed by atoms with Gasteiger partial charge in [0.25, 0.3) is 5.91 Å². The molecule has 0 aromatic rings. The van der Waals surface area contributed by atoms with Crippen LogP contribution in [0.25, 0.3) is 0 Å². The van der Waals surface area contributed by atoms with Crippen LogP contribution in [0.3, 0.4) is 0 Å². The summed E-state index contributed by atoms with van der Waals surface area (Å²) < 4.78 is 9.67. The normalized spacial score (nSPS) is 23.2. The fourth-order valence-electron chi connectivity index (χ4n) is 2.82. The number of nitrogens with zero attached hydrogens (tertiary/aromatic N) is 1. The van der Waals surface area contributed by atoms with Crippen molar-refractivity contribution in [2.45, 2.75) is 51.3 Å². The SMILES string of the molecule is COC(=O)C1=C(C(=O)O)N2C(=O)[C@@H](NC(=O)OC(C)(C)C)[C@@H]2CC1. The number of amides is 2. The highest BCUT2D eigenvalue weighted by atomic mass is 16.6. The molecule has 9 heteroatoms. The molecule has 2 aliphatic rings. The minimum atomic E-state index is -1.39. The van der Waals surface area contributed by atoms with Gasteiger partial charge >= 0.3 is 18.0 Å². The number of fused-ring (bicyclic) bond motifs is 1. The van der Waals surface area contributed by atoms with Crippen LogP contribution in [0.15, 0.2) is 11.3 Å². The standard InChI is InChI=1S/C15H20N2O7/c1-15(2,3)24-14(22)16-9-8-6-5-7(13(21)23-4)10(12(19)20)17(8)11(9)18/h8-9H,5-6H2,1-4H3,(H,16,22)(H,19,20)/t8-,9-/m0/s1. The van der Waals surface area contributed by atoms with Crippen molar-refractivity contribution >= 4 is 23.9 Å². The van der Waals surface area contributed by atoms with Crippen LogP contribution in [0.2, 0.25) is 0 Å². The van der Waals surface area contributed by atoms with Gasteiger partial charge in [-0.05, 0) is 33.6 Å². The lowest BCUT2D eigenvalue weighted by molar-refractivity contribution is -0.155. The van der Waals surface area contributed by atoms with Crippen molar-refractivity contribution < 1.29 is 33.8 Å². The Bertz CT molecular complexity index is 632. The number of nitrogens with one attached hydrogen (secondary N) is 1. The summed E-state index contributed by atoms with van der Waals surface area (Å²) in [5, 5.41) is 11.8. The highest BCUT2D eigenvalue weighted by molar-refractivity contribution is 6.06. The topological polar surface area (TPSA) is 122 Å². The van der Waals surface area contributed by atoms with E-state index in [1.807, 2.05) is 0 Å². The Morgan fingerprint density at radius 2 is 1.92 bits per heavy atom. The van der Waals surface area contributed by atoms with E-state index in [2.05, 4.69) is 10.1 Å². The predicted octanol–water partition coefficient (Wildman–Crippen LogP) is 0.396. The fraction of sp³-hybridized carbons (Fsp3) is 0.600. The molecular formula is C15H20N2O7. The second-order valence-corrected chi connectivity index (χ2v) is 6.56. The number of hydrogen-bond donors (Lipinski definition) is 2. The number of carbonyl (C=O) groups excluding carboxylic acids is 3. The zero-order valence-electron chi connectivity index (χ0n) is 13.9. The lowest BCUT2D eigenvalue weighted by Gasteiger charge is -2.49. The van der Waals surface area contributed by atoms with Crippen molar-refractivity contribution in [1.82, 2.24) is 10.2 Å². The number of β-lactam (4-membered cyclic amide) rings is 1. The molecule has 0 spiro atoms. The molecule has 2 atom stereocenters. The third kappa shape index (κ3) is 3.19. The van der Waals surface area contributed by atoms with Crippen LogP contribution < -0.4 is 5.32 Å². The number of rotatable bonds is 3.